The molecule has 122 valence electrons. The Morgan fingerprint density at radius 3 is 2.26 bits per heavy atom. The van der Waals surface area contributed by atoms with Crippen molar-refractivity contribution < 1.29 is 26.4 Å². The molecule has 0 aliphatic carbocycles. The van der Waals surface area contributed by atoms with Crippen molar-refractivity contribution in [1.82, 2.24) is 4.98 Å². The van der Waals surface area contributed by atoms with Gasteiger partial charge in [0, 0.05) is 24.0 Å². The third kappa shape index (κ3) is 3.78. The van der Waals surface area contributed by atoms with Crippen LogP contribution < -0.4 is 10.5 Å². The van der Waals surface area contributed by atoms with Gasteiger partial charge in [-0.25, -0.2) is 31.7 Å². The van der Waals surface area contributed by atoms with Crippen LogP contribution in [0.1, 0.15) is 10.4 Å². The number of halogens is 4. The molecular formula is C12H7ClF3N3O3S. The number of carbonyl (C=O) groups is 1. The molecule has 0 aliphatic rings. The van der Waals surface area contributed by atoms with Crippen LogP contribution in [0.5, 0.6) is 0 Å². The number of hydrogen-bond donors (Lipinski definition) is 2. The van der Waals surface area contributed by atoms with Crippen LogP contribution in [0.2, 0.25) is 5.15 Å². The van der Waals surface area contributed by atoms with Crippen molar-refractivity contribution in [3.8, 4) is 0 Å². The second-order valence-corrected chi connectivity index (χ2v) is 6.15. The van der Waals surface area contributed by atoms with Gasteiger partial charge < -0.3 is 5.32 Å². The largest absolute Gasteiger partial charge is 0.322 e. The van der Waals surface area contributed by atoms with E-state index in [0.29, 0.717) is 12.1 Å². The molecule has 0 spiro atoms. The monoisotopic (exact) mass is 365 g/mol. The topological polar surface area (TPSA) is 102 Å². The van der Waals surface area contributed by atoms with Crippen LogP contribution in [0.15, 0.2) is 29.3 Å². The third-order valence-corrected chi connectivity index (χ3v) is 3.95. The summed E-state index contributed by atoms with van der Waals surface area (Å²) in [6.45, 7) is 0. The summed E-state index contributed by atoms with van der Waals surface area (Å²) in [4.78, 5) is 14.8. The highest BCUT2D eigenvalue weighted by Crippen LogP contribution is 2.21. The number of nitrogens with zero attached hydrogens (tertiary/aromatic N) is 1. The molecule has 3 N–H and O–H groups in total. The molecule has 0 bridgehead atoms. The first-order valence-electron chi connectivity index (χ1n) is 5.74. The van der Waals surface area contributed by atoms with E-state index in [1.54, 1.807) is 0 Å². The molecule has 23 heavy (non-hydrogen) atoms. The molecule has 1 heterocycles. The van der Waals surface area contributed by atoms with Gasteiger partial charge in [-0.1, -0.05) is 11.6 Å². The molecule has 0 unspecified atom stereocenters. The lowest BCUT2D eigenvalue weighted by molar-refractivity contribution is 0.102. The number of benzene rings is 1. The Bertz CT molecular complexity index is 883. The van der Waals surface area contributed by atoms with Crippen molar-refractivity contribution in [3.63, 3.8) is 0 Å². The van der Waals surface area contributed by atoms with Crippen molar-refractivity contribution >= 4 is 33.2 Å². The molecule has 0 fully saturated rings. The van der Waals surface area contributed by atoms with E-state index in [1.165, 1.54) is 0 Å². The summed E-state index contributed by atoms with van der Waals surface area (Å²) in [5.74, 6) is -5.64. The first-order chi connectivity index (χ1) is 10.6. The maximum atomic E-state index is 13.1. The smallest absolute Gasteiger partial charge is 0.257 e. The lowest BCUT2D eigenvalue weighted by atomic mass is 10.2. The van der Waals surface area contributed by atoms with Crippen LogP contribution in [-0.2, 0) is 10.0 Å². The summed E-state index contributed by atoms with van der Waals surface area (Å²) >= 11 is 5.56. The molecular weight excluding hydrogens is 359 g/mol. The van der Waals surface area contributed by atoms with Gasteiger partial charge in [-0.3, -0.25) is 4.79 Å². The summed E-state index contributed by atoms with van der Waals surface area (Å²) in [5, 5.41) is 6.53. The maximum absolute atomic E-state index is 13.1. The minimum absolute atomic E-state index is 0.288. The van der Waals surface area contributed by atoms with Gasteiger partial charge in [0.2, 0.25) is 10.0 Å². The Labute approximate surface area is 133 Å². The van der Waals surface area contributed by atoms with Crippen molar-refractivity contribution in [2.75, 3.05) is 5.32 Å². The first kappa shape index (κ1) is 17.2. The molecule has 0 saturated heterocycles. The molecule has 1 aromatic carbocycles. The fourth-order valence-corrected chi connectivity index (χ4v) is 2.59. The summed E-state index contributed by atoms with van der Waals surface area (Å²) in [6, 6.07) is 1.96. The summed E-state index contributed by atoms with van der Waals surface area (Å²) in [5.41, 5.74) is -0.665. The second kappa shape index (κ2) is 6.14. The molecule has 2 rings (SSSR count). The number of hydrogen-bond acceptors (Lipinski definition) is 4. The summed E-state index contributed by atoms with van der Waals surface area (Å²) < 4.78 is 61.6. The minimum Gasteiger partial charge on any atom is -0.322 e. The number of nitrogens with two attached hydrogens (primary N) is 1. The predicted molar refractivity (Wildman–Crippen MR) is 74.9 cm³/mol. The van der Waals surface area contributed by atoms with Crippen molar-refractivity contribution in [1.29, 1.82) is 0 Å². The number of amides is 1. The van der Waals surface area contributed by atoms with Crippen LogP contribution in [0.25, 0.3) is 0 Å². The van der Waals surface area contributed by atoms with Gasteiger partial charge in [0.1, 0.15) is 10.0 Å². The number of rotatable bonds is 3. The number of primary sulfonamides is 1. The zero-order valence-electron chi connectivity index (χ0n) is 11.0. The highest BCUT2D eigenvalue weighted by atomic mass is 35.5. The summed E-state index contributed by atoms with van der Waals surface area (Å²) in [7, 11) is -4.23. The van der Waals surface area contributed by atoms with E-state index in [1.807, 2.05) is 0 Å². The lowest BCUT2D eigenvalue weighted by Crippen LogP contribution is -2.17. The Hall–Kier alpha value is -2.17. The van der Waals surface area contributed by atoms with E-state index in [2.05, 4.69) is 10.3 Å². The second-order valence-electron chi connectivity index (χ2n) is 4.27. The normalized spacial score (nSPS) is 11.3. The zero-order valence-corrected chi connectivity index (χ0v) is 12.6. The third-order valence-electron chi connectivity index (χ3n) is 2.62. The Morgan fingerprint density at radius 1 is 1.17 bits per heavy atom. The van der Waals surface area contributed by atoms with Crippen molar-refractivity contribution in [3.05, 3.63) is 52.6 Å². The average Bonchev–Trinajstić information content (AvgIpc) is 2.43. The van der Waals surface area contributed by atoms with Crippen LogP contribution >= 0.6 is 11.6 Å². The van der Waals surface area contributed by atoms with Gasteiger partial charge in [0.15, 0.2) is 17.5 Å². The number of nitrogens with one attached hydrogen (secondary N) is 1. The molecule has 1 aromatic heterocycles. The maximum Gasteiger partial charge on any atom is 0.257 e. The van der Waals surface area contributed by atoms with Crippen molar-refractivity contribution in [2.24, 2.45) is 5.14 Å². The quantitative estimate of drug-likeness (QED) is 0.642. The highest BCUT2D eigenvalue weighted by molar-refractivity contribution is 7.89. The molecule has 1 amide bonds. The van der Waals surface area contributed by atoms with Crippen LogP contribution in [-0.4, -0.2) is 19.3 Å². The molecule has 0 saturated carbocycles. The van der Waals surface area contributed by atoms with Crippen LogP contribution in [0.4, 0.5) is 18.9 Å². The number of carbonyl (C=O) groups excluding carboxylic acids is 1. The van der Waals surface area contributed by atoms with Crippen LogP contribution in [0, 0.1) is 17.5 Å². The SMILES string of the molecule is NS(=O)(=O)c1cc(C(=O)Nc2cc(F)c(F)c(F)c2)cnc1Cl. The Morgan fingerprint density at radius 2 is 1.74 bits per heavy atom. The zero-order chi connectivity index (χ0) is 17.4. The number of sulfonamides is 1. The van der Waals surface area contributed by atoms with E-state index in [4.69, 9.17) is 16.7 Å². The molecule has 6 nitrogen and oxygen atoms in total. The van der Waals surface area contributed by atoms with Crippen LogP contribution in [0.3, 0.4) is 0 Å². The van der Waals surface area contributed by atoms with Gasteiger partial charge in [-0.05, 0) is 6.07 Å². The molecule has 2 aromatic rings. The van der Waals surface area contributed by atoms with E-state index in [9.17, 15) is 26.4 Å². The number of aromatic nitrogens is 1. The van der Waals surface area contributed by atoms with E-state index < -0.39 is 43.4 Å². The Balaban J connectivity index is 2.35. The minimum atomic E-state index is -4.23. The summed E-state index contributed by atoms with van der Waals surface area (Å²) in [6.07, 6.45) is 0.933. The first-order valence-corrected chi connectivity index (χ1v) is 7.66. The highest BCUT2D eigenvalue weighted by Gasteiger charge is 2.18. The fourth-order valence-electron chi connectivity index (χ4n) is 1.58. The standard InChI is InChI=1S/C12H7ClF3N3O3S/c13-11-9(23(17,21)22)1-5(4-18-11)12(20)19-6-2-7(14)10(16)8(15)3-6/h1-4H,(H,19,20)(H2,17,21,22). The molecule has 0 aliphatic heterocycles. The lowest BCUT2D eigenvalue weighted by Gasteiger charge is -2.08. The van der Waals surface area contributed by atoms with Crippen molar-refractivity contribution in [2.45, 2.75) is 4.90 Å². The Kier molecular flexibility index (Phi) is 4.59. The van der Waals surface area contributed by atoms with Gasteiger partial charge in [-0.2, -0.15) is 0 Å². The van der Waals surface area contributed by atoms with Gasteiger partial charge in [0.25, 0.3) is 5.91 Å². The molecule has 11 heteroatoms. The molecule has 0 atom stereocenters. The van der Waals surface area contributed by atoms with E-state index in [-0.39, 0.29) is 11.3 Å². The fraction of sp³-hybridized carbons (Fsp3) is 0. The predicted octanol–water partition coefficient (Wildman–Crippen LogP) is 2.05. The number of anilines is 1. The van der Waals surface area contributed by atoms with E-state index >= 15 is 0 Å². The average molecular weight is 366 g/mol. The number of pyridine rings is 1. The van der Waals surface area contributed by atoms with Gasteiger partial charge >= 0.3 is 0 Å². The molecule has 0 radical (unpaired) electrons. The van der Waals surface area contributed by atoms with Gasteiger partial charge in [0.05, 0.1) is 5.56 Å². The van der Waals surface area contributed by atoms with E-state index in [0.717, 1.165) is 12.3 Å². The van der Waals surface area contributed by atoms with Gasteiger partial charge in [-0.15, -0.1) is 0 Å².